The number of hydrogen-bond acceptors (Lipinski definition) is 3. The Morgan fingerprint density at radius 1 is 1.47 bits per heavy atom. The smallest absolute Gasteiger partial charge is 0.205 e. The minimum Gasteiger partial charge on any atom is -0.205 e. The number of hydrogen-bond donors (Lipinski definition) is 0. The fraction of sp³-hybridized carbons (Fsp3) is 0.167. The van der Waals surface area contributed by atoms with Crippen molar-refractivity contribution in [1.82, 2.24) is 4.98 Å². The van der Waals surface area contributed by atoms with Crippen LogP contribution in [-0.4, -0.2) is 13.4 Å². The van der Waals surface area contributed by atoms with Gasteiger partial charge in [-0.3, -0.25) is 0 Å². The number of nitrogens with zero attached hydrogens (tertiary/aromatic N) is 1. The molecule has 0 unspecified atom stereocenters. The Kier molecular flexibility index (Phi) is 3.62. The van der Waals surface area contributed by atoms with E-state index in [4.69, 9.17) is 10.7 Å². The summed E-state index contributed by atoms with van der Waals surface area (Å²) >= 11 is 2.61. The molecule has 3 nitrogen and oxygen atoms in total. The van der Waals surface area contributed by atoms with Crippen molar-refractivity contribution in [3.63, 3.8) is 0 Å². The number of halogens is 5. The van der Waals surface area contributed by atoms with Crippen molar-refractivity contribution < 1.29 is 21.6 Å². The van der Waals surface area contributed by atoms with Crippen molar-refractivity contribution in [3.05, 3.63) is 22.1 Å². The van der Waals surface area contributed by atoms with Gasteiger partial charge in [-0.15, -0.1) is 0 Å². The second kappa shape index (κ2) is 4.26. The van der Waals surface area contributed by atoms with Crippen molar-refractivity contribution in [2.45, 2.75) is 11.5 Å². The first kappa shape index (κ1) is 12.7. The second-order valence-electron chi connectivity index (χ2n) is 2.39. The molecule has 9 heteroatoms. The van der Waals surface area contributed by atoms with Crippen molar-refractivity contribution in [2.75, 3.05) is 0 Å². The van der Waals surface area contributed by atoms with E-state index in [1.54, 1.807) is 0 Å². The summed E-state index contributed by atoms with van der Waals surface area (Å²) in [5, 5.41) is -1.17. The van der Waals surface area contributed by atoms with Gasteiger partial charge in [0.05, 0.1) is 10.0 Å². The minimum absolute atomic E-state index is 0.359. The predicted octanol–water partition coefficient (Wildman–Crippen LogP) is 2.85. The van der Waals surface area contributed by atoms with Gasteiger partial charge in [-0.05, 0) is 22.0 Å². The molecule has 0 atom stereocenters. The molecule has 0 saturated carbocycles. The van der Waals surface area contributed by atoms with E-state index in [1.807, 2.05) is 0 Å². The average Bonchev–Trinajstić information content (AvgIpc) is 2.06. The third kappa shape index (κ3) is 2.82. The van der Waals surface area contributed by atoms with E-state index in [9.17, 15) is 21.6 Å². The summed E-state index contributed by atoms with van der Waals surface area (Å²) in [6.07, 6.45) is -3.11. The van der Waals surface area contributed by atoms with E-state index in [0.29, 0.717) is 6.07 Å². The molecule has 0 bridgehead atoms. The largest absolute Gasteiger partial charge is 0.279 e. The minimum atomic E-state index is -4.50. The molecule has 0 saturated heterocycles. The fourth-order valence-corrected chi connectivity index (χ4v) is 2.14. The van der Waals surface area contributed by atoms with Crippen LogP contribution in [0.4, 0.5) is 13.2 Å². The summed E-state index contributed by atoms with van der Waals surface area (Å²) in [5.74, 6) is -1.22. The monoisotopic (exact) mass is 323 g/mol. The van der Waals surface area contributed by atoms with Gasteiger partial charge >= 0.3 is 0 Å². The summed E-state index contributed by atoms with van der Waals surface area (Å²) in [5.41, 5.74) is -0.946. The zero-order chi connectivity index (χ0) is 11.8. The van der Waals surface area contributed by atoms with Crippen LogP contribution in [0.2, 0.25) is 0 Å². The Balaban J connectivity index is 3.56. The number of aromatic nitrogens is 1. The first-order valence-corrected chi connectivity index (χ1v) is 6.42. The lowest BCUT2D eigenvalue weighted by Crippen LogP contribution is -2.04. The molecule has 84 valence electrons. The lowest BCUT2D eigenvalue weighted by Gasteiger charge is -2.05. The molecule has 1 aromatic rings. The maximum atomic E-state index is 12.8. The number of rotatable bonds is 2. The van der Waals surface area contributed by atoms with Gasteiger partial charge < -0.3 is 0 Å². The van der Waals surface area contributed by atoms with Crippen molar-refractivity contribution in [3.8, 4) is 0 Å². The van der Waals surface area contributed by atoms with Gasteiger partial charge in [0.1, 0.15) is 0 Å². The highest BCUT2D eigenvalue weighted by molar-refractivity contribution is 9.10. The number of pyridine rings is 1. The van der Waals surface area contributed by atoms with Crippen LogP contribution in [0.25, 0.3) is 0 Å². The van der Waals surface area contributed by atoms with Gasteiger partial charge in [-0.2, -0.15) is 4.39 Å². The average molecular weight is 325 g/mol. The molecular weight excluding hydrogens is 322 g/mol. The van der Waals surface area contributed by atoms with Crippen molar-refractivity contribution in [2.24, 2.45) is 0 Å². The van der Waals surface area contributed by atoms with E-state index >= 15 is 0 Å². The van der Waals surface area contributed by atoms with Crippen LogP contribution >= 0.6 is 26.6 Å². The third-order valence-electron chi connectivity index (χ3n) is 1.39. The van der Waals surface area contributed by atoms with Gasteiger partial charge in [-0.25, -0.2) is 22.2 Å². The first-order valence-electron chi connectivity index (χ1n) is 3.32. The molecule has 0 aromatic carbocycles. The van der Waals surface area contributed by atoms with Gasteiger partial charge in [0.15, 0.2) is 5.03 Å². The lowest BCUT2D eigenvalue weighted by molar-refractivity contribution is 0.146. The maximum Gasteiger partial charge on any atom is 0.279 e. The topological polar surface area (TPSA) is 47.0 Å². The van der Waals surface area contributed by atoms with Crippen LogP contribution in [0, 0.1) is 5.95 Å². The van der Waals surface area contributed by atoms with Crippen LogP contribution in [-0.2, 0) is 9.05 Å². The molecule has 0 aliphatic carbocycles. The van der Waals surface area contributed by atoms with E-state index in [1.165, 1.54) is 0 Å². The first-order chi connectivity index (χ1) is 6.73. The van der Waals surface area contributed by atoms with Gasteiger partial charge in [0, 0.05) is 10.7 Å². The molecule has 0 amide bonds. The summed E-state index contributed by atoms with van der Waals surface area (Å²) in [7, 11) is 0.329. The molecule has 0 N–H and O–H groups in total. The normalized spacial score (nSPS) is 12.1. The van der Waals surface area contributed by atoms with E-state index in [-0.39, 0.29) is 4.47 Å². The Morgan fingerprint density at radius 3 is 2.40 bits per heavy atom. The van der Waals surface area contributed by atoms with Crippen LogP contribution in [0.5, 0.6) is 0 Å². The third-order valence-corrected chi connectivity index (χ3v) is 3.18. The van der Waals surface area contributed by atoms with Crippen LogP contribution in [0.1, 0.15) is 12.0 Å². The molecule has 1 aromatic heterocycles. The molecule has 1 heterocycles. The summed E-state index contributed by atoms with van der Waals surface area (Å²) in [4.78, 5) is 2.85. The Bertz CT molecular complexity index is 493. The highest BCUT2D eigenvalue weighted by atomic mass is 79.9. The summed E-state index contributed by atoms with van der Waals surface area (Å²) in [6.45, 7) is 0. The highest BCUT2D eigenvalue weighted by Gasteiger charge is 2.25. The SMILES string of the molecule is O=S(=O)(Cl)c1nc(F)c(Br)cc1C(F)F. The molecular formula is C6H2BrClF3NO2S. The van der Waals surface area contributed by atoms with Crippen LogP contribution in [0.3, 0.4) is 0 Å². The standard InChI is InChI=1S/C6H2BrClF3NO2S/c7-3-1-2(4(9)10)6(12-5(3)11)15(8,13)14/h1,4H. The quantitative estimate of drug-likeness (QED) is 0.621. The molecule has 1 rings (SSSR count). The number of alkyl halides is 2. The van der Waals surface area contributed by atoms with Crippen molar-refractivity contribution in [1.29, 1.82) is 0 Å². The molecule has 0 spiro atoms. The fourth-order valence-electron chi connectivity index (χ4n) is 0.817. The van der Waals surface area contributed by atoms with E-state index in [2.05, 4.69) is 20.9 Å². The zero-order valence-electron chi connectivity index (χ0n) is 6.72. The molecule has 15 heavy (non-hydrogen) atoms. The van der Waals surface area contributed by atoms with Crippen molar-refractivity contribution >= 4 is 35.7 Å². The summed E-state index contributed by atoms with van der Waals surface area (Å²) < 4.78 is 58.8. The van der Waals surface area contributed by atoms with Gasteiger partial charge in [-0.1, -0.05) is 0 Å². The zero-order valence-corrected chi connectivity index (χ0v) is 9.87. The Hall–Kier alpha value is -0.340. The van der Waals surface area contributed by atoms with Crippen LogP contribution in [0.15, 0.2) is 15.6 Å². The summed E-state index contributed by atoms with van der Waals surface area (Å²) in [6, 6.07) is 0.627. The van der Waals surface area contributed by atoms with Gasteiger partial charge in [0.25, 0.3) is 15.5 Å². The highest BCUT2D eigenvalue weighted by Crippen LogP contribution is 2.30. The lowest BCUT2D eigenvalue weighted by atomic mass is 10.3. The van der Waals surface area contributed by atoms with E-state index < -0.39 is 32.0 Å². The van der Waals surface area contributed by atoms with Gasteiger partial charge in [0.2, 0.25) is 5.95 Å². The predicted molar refractivity (Wildman–Crippen MR) is 49.9 cm³/mol. The maximum absolute atomic E-state index is 12.8. The molecule has 0 aliphatic rings. The molecule has 0 radical (unpaired) electrons. The Morgan fingerprint density at radius 2 is 2.00 bits per heavy atom. The Labute approximate surface area is 95.8 Å². The van der Waals surface area contributed by atoms with E-state index in [0.717, 1.165) is 0 Å². The molecule has 0 fully saturated rings. The second-order valence-corrected chi connectivity index (χ2v) is 5.73. The molecule has 0 aliphatic heterocycles. The van der Waals surface area contributed by atoms with Crippen LogP contribution < -0.4 is 0 Å².